The summed E-state index contributed by atoms with van der Waals surface area (Å²) in [5.41, 5.74) is 1.15. The highest BCUT2D eigenvalue weighted by Gasteiger charge is 2.49. The molecule has 0 spiro atoms. The average molecular weight is 435 g/mol. The first-order chi connectivity index (χ1) is 15.6. The van der Waals surface area contributed by atoms with Crippen molar-refractivity contribution >= 4 is 28.7 Å². The lowest BCUT2D eigenvalue weighted by atomic mass is 10.0. The van der Waals surface area contributed by atoms with Crippen LogP contribution in [-0.2, 0) is 11.3 Å². The molecule has 3 aliphatic rings. The van der Waals surface area contributed by atoms with Gasteiger partial charge in [0.05, 0.1) is 0 Å². The Hall–Kier alpha value is -3.13. The Balaban J connectivity index is 1.48. The molecule has 0 bridgehead atoms. The number of likely N-dealkylation sites (N-methyl/N-ethyl adjacent to an activating group) is 1. The van der Waals surface area contributed by atoms with Crippen LogP contribution < -0.4 is 5.32 Å². The Kier molecular flexibility index (Phi) is 5.46. The number of piperazine rings is 1. The van der Waals surface area contributed by atoms with Gasteiger partial charge in [0.2, 0.25) is 0 Å². The minimum Gasteiger partial charge on any atom is -0.340 e. The number of carbonyl (C=O) groups excluding carboxylic acids is 2. The van der Waals surface area contributed by atoms with Gasteiger partial charge in [-0.3, -0.25) is 15.0 Å². The van der Waals surface area contributed by atoms with Gasteiger partial charge in [-0.2, -0.15) is 0 Å². The highest BCUT2D eigenvalue weighted by Crippen LogP contribution is 2.29. The molecule has 3 aliphatic heterocycles. The number of guanidine groups is 1. The fourth-order valence-electron chi connectivity index (χ4n) is 5.05. The number of urea groups is 1. The Morgan fingerprint density at radius 2 is 1.78 bits per heavy atom. The van der Waals surface area contributed by atoms with Crippen molar-refractivity contribution in [3.63, 3.8) is 0 Å². The Bertz CT molecular complexity index is 1060. The van der Waals surface area contributed by atoms with E-state index in [-0.39, 0.29) is 11.9 Å². The number of hydrogen-bond acceptors (Lipinski definition) is 6. The smallest absolute Gasteiger partial charge is 0.325 e. The number of aliphatic imine (C=N–C) groups is 1. The summed E-state index contributed by atoms with van der Waals surface area (Å²) in [6.45, 7) is 7.55. The van der Waals surface area contributed by atoms with Gasteiger partial charge < -0.3 is 14.7 Å². The zero-order chi connectivity index (χ0) is 22.2. The zero-order valence-electron chi connectivity index (χ0n) is 18.7. The van der Waals surface area contributed by atoms with E-state index in [1.807, 2.05) is 12.1 Å². The van der Waals surface area contributed by atoms with Crippen molar-refractivity contribution in [2.75, 3.05) is 39.8 Å². The predicted molar refractivity (Wildman–Crippen MR) is 124 cm³/mol. The van der Waals surface area contributed by atoms with Crippen molar-refractivity contribution in [1.82, 2.24) is 24.9 Å². The van der Waals surface area contributed by atoms with Crippen LogP contribution in [-0.4, -0.2) is 89.5 Å². The molecule has 2 aromatic carbocycles. The van der Waals surface area contributed by atoms with Gasteiger partial charge in [-0.05, 0) is 29.3 Å². The first-order valence-electron chi connectivity index (χ1n) is 11.4. The SMILES string of the molecule is CCCN1CCN(C2=NC3C(C(=O)NC(=O)N3C)N2Cc2cccc3ccccc23)CC1. The van der Waals surface area contributed by atoms with Crippen molar-refractivity contribution in [2.24, 2.45) is 4.99 Å². The number of nitrogens with zero attached hydrogens (tertiary/aromatic N) is 5. The number of hydrogen-bond donors (Lipinski definition) is 1. The number of carbonyl (C=O) groups is 2. The van der Waals surface area contributed by atoms with E-state index < -0.39 is 12.2 Å². The van der Waals surface area contributed by atoms with E-state index in [0.29, 0.717) is 6.54 Å². The summed E-state index contributed by atoms with van der Waals surface area (Å²) in [5.74, 6) is 0.544. The van der Waals surface area contributed by atoms with Crippen LogP contribution in [0.4, 0.5) is 4.79 Å². The molecule has 3 heterocycles. The third-order valence-electron chi connectivity index (χ3n) is 6.75. The quantitative estimate of drug-likeness (QED) is 0.796. The Labute approximate surface area is 188 Å². The largest absolute Gasteiger partial charge is 0.340 e. The molecule has 0 radical (unpaired) electrons. The fraction of sp³-hybridized carbons (Fsp3) is 0.458. The van der Waals surface area contributed by atoms with Crippen LogP contribution in [0.15, 0.2) is 47.5 Å². The maximum absolute atomic E-state index is 13.0. The third-order valence-corrected chi connectivity index (χ3v) is 6.75. The fourth-order valence-corrected chi connectivity index (χ4v) is 5.05. The molecule has 8 nitrogen and oxygen atoms in total. The molecular weight excluding hydrogens is 404 g/mol. The summed E-state index contributed by atoms with van der Waals surface area (Å²) < 4.78 is 0. The van der Waals surface area contributed by atoms with Crippen molar-refractivity contribution in [3.8, 4) is 0 Å². The van der Waals surface area contributed by atoms with Crippen LogP contribution in [0.2, 0.25) is 0 Å². The maximum atomic E-state index is 13.0. The third kappa shape index (κ3) is 3.58. The predicted octanol–water partition coefficient (Wildman–Crippen LogP) is 1.92. The van der Waals surface area contributed by atoms with Crippen LogP contribution in [0.25, 0.3) is 10.8 Å². The molecule has 0 aliphatic carbocycles. The van der Waals surface area contributed by atoms with E-state index in [4.69, 9.17) is 4.99 Å². The second-order valence-corrected chi connectivity index (χ2v) is 8.79. The molecular formula is C24H30N6O2. The van der Waals surface area contributed by atoms with Crippen molar-refractivity contribution in [3.05, 3.63) is 48.0 Å². The number of benzene rings is 2. The normalized spacial score (nSPS) is 24.1. The van der Waals surface area contributed by atoms with E-state index in [0.717, 1.165) is 50.7 Å². The van der Waals surface area contributed by atoms with E-state index >= 15 is 0 Å². The van der Waals surface area contributed by atoms with Crippen molar-refractivity contribution < 1.29 is 9.59 Å². The van der Waals surface area contributed by atoms with Crippen molar-refractivity contribution in [1.29, 1.82) is 0 Å². The number of rotatable bonds is 4. The number of imide groups is 1. The van der Waals surface area contributed by atoms with Crippen LogP contribution >= 0.6 is 0 Å². The average Bonchev–Trinajstić information content (AvgIpc) is 3.18. The lowest BCUT2D eigenvalue weighted by Gasteiger charge is -2.40. The van der Waals surface area contributed by atoms with Crippen LogP contribution in [0.1, 0.15) is 18.9 Å². The summed E-state index contributed by atoms with van der Waals surface area (Å²) in [5, 5.41) is 4.85. The number of amides is 3. The minimum absolute atomic E-state index is 0.276. The van der Waals surface area contributed by atoms with Crippen LogP contribution in [0, 0.1) is 0 Å². The summed E-state index contributed by atoms with van der Waals surface area (Å²) in [6, 6.07) is 13.7. The van der Waals surface area contributed by atoms with Gasteiger partial charge in [0.15, 0.2) is 18.2 Å². The van der Waals surface area contributed by atoms with Gasteiger partial charge in [0, 0.05) is 39.8 Å². The molecule has 2 atom stereocenters. The summed E-state index contributed by atoms with van der Waals surface area (Å²) in [4.78, 5) is 38.6. The molecule has 1 N–H and O–H groups in total. The number of fused-ring (bicyclic) bond motifs is 2. The lowest BCUT2D eigenvalue weighted by molar-refractivity contribution is -0.127. The highest BCUT2D eigenvalue weighted by atomic mass is 16.2. The molecule has 168 valence electrons. The lowest BCUT2D eigenvalue weighted by Crippen LogP contribution is -2.64. The summed E-state index contributed by atoms with van der Waals surface area (Å²) in [7, 11) is 1.71. The molecule has 3 amide bonds. The van der Waals surface area contributed by atoms with Gasteiger partial charge in [-0.15, -0.1) is 0 Å². The standard InChI is InChI=1S/C24H30N6O2/c1-3-11-28-12-14-29(15-13-28)23-25-21-20(22(31)26-24(32)27(21)2)30(23)16-18-9-6-8-17-7-4-5-10-19(17)18/h4-10,20-21H,3,11-16H2,1-2H3,(H,26,31,32). The van der Waals surface area contributed by atoms with Crippen LogP contribution in [0.5, 0.6) is 0 Å². The molecule has 0 aromatic heterocycles. The van der Waals surface area contributed by atoms with Crippen molar-refractivity contribution in [2.45, 2.75) is 32.1 Å². The first-order valence-corrected chi connectivity index (χ1v) is 11.4. The number of nitrogens with one attached hydrogen (secondary N) is 1. The molecule has 2 fully saturated rings. The Morgan fingerprint density at radius 1 is 1.03 bits per heavy atom. The Morgan fingerprint density at radius 3 is 2.56 bits per heavy atom. The van der Waals surface area contributed by atoms with Gasteiger partial charge in [-0.1, -0.05) is 49.4 Å². The van der Waals surface area contributed by atoms with Gasteiger partial charge >= 0.3 is 6.03 Å². The van der Waals surface area contributed by atoms with E-state index in [2.05, 4.69) is 57.3 Å². The summed E-state index contributed by atoms with van der Waals surface area (Å²) in [6.07, 6.45) is 0.640. The second kappa shape index (κ2) is 8.43. The molecule has 5 rings (SSSR count). The van der Waals surface area contributed by atoms with Gasteiger partial charge in [0.1, 0.15) is 0 Å². The van der Waals surface area contributed by atoms with Gasteiger partial charge in [-0.25, -0.2) is 9.79 Å². The molecule has 32 heavy (non-hydrogen) atoms. The molecule has 2 unspecified atom stereocenters. The highest BCUT2D eigenvalue weighted by molar-refractivity contribution is 6.03. The topological polar surface area (TPSA) is 71.5 Å². The molecule has 0 saturated carbocycles. The zero-order valence-corrected chi connectivity index (χ0v) is 18.7. The second-order valence-electron chi connectivity index (χ2n) is 8.79. The minimum atomic E-state index is -0.527. The van der Waals surface area contributed by atoms with E-state index in [1.54, 1.807) is 11.9 Å². The van der Waals surface area contributed by atoms with Crippen LogP contribution in [0.3, 0.4) is 0 Å². The molecule has 2 aromatic rings. The monoisotopic (exact) mass is 434 g/mol. The maximum Gasteiger partial charge on any atom is 0.325 e. The van der Waals surface area contributed by atoms with Gasteiger partial charge in [0.25, 0.3) is 5.91 Å². The summed E-state index contributed by atoms with van der Waals surface area (Å²) >= 11 is 0. The molecule has 8 heteroatoms. The van der Waals surface area contributed by atoms with E-state index in [9.17, 15) is 9.59 Å². The van der Waals surface area contributed by atoms with E-state index in [1.165, 1.54) is 10.8 Å². The first kappa shape index (κ1) is 20.8. The molecule has 2 saturated heterocycles.